The molecule has 6 heteroatoms. The van der Waals surface area contributed by atoms with Crippen molar-refractivity contribution in [2.45, 2.75) is 31.8 Å². The number of benzene rings is 3. The molecule has 0 radical (unpaired) electrons. The molecule has 4 aromatic rings. The summed E-state index contributed by atoms with van der Waals surface area (Å²) in [6.45, 7) is 3.81. The summed E-state index contributed by atoms with van der Waals surface area (Å²) >= 11 is 0. The fourth-order valence-electron chi connectivity index (χ4n) is 3.81. The zero-order chi connectivity index (χ0) is 23.3. The first-order chi connectivity index (χ1) is 15.9. The molecule has 0 aliphatic carbocycles. The number of nitrogens with one attached hydrogen (secondary N) is 2. The van der Waals surface area contributed by atoms with Crippen LogP contribution in [0, 0.1) is 5.82 Å². The maximum Gasteiger partial charge on any atom is 0.316 e. The number of hydrogen-bond acceptors (Lipinski definition) is 3. The molecular formula is C27H26FN3O2. The van der Waals surface area contributed by atoms with Crippen LogP contribution in [0.3, 0.4) is 0 Å². The van der Waals surface area contributed by atoms with Gasteiger partial charge in [-0.15, -0.1) is 0 Å². The Bertz CT molecular complexity index is 1190. The second-order valence-electron chi connectivity index (χ2n) is 8.25. The van der Waals surface area contributed by atoms with Crippen molar-refractivity contribution < 1.29 is 13.6 Å². The van der Waals surface area contributed by atoms with E-state index >= 15 is 0 Å². The zero-order valence-electron chi connectivity index (χ0n) is 18.6. The van der Waals surface area contributed by atoms with Gasteiger partial charge in [-0.05, 0) is 55.7 Å². The van der Waals surface area contributed by atoms with Crippen molar-refractivity contribution in [3.05, 3.63) is 114 Å². The van der Waals surface area contributed by atoms with Gasteiger partial charge in [0.15, 0.2) is 5.76 Å². The molecule has 0 aliphatic rings. The summed E-state index contributed by atoms with van der Waals surface area (Å²) in [6, 6.07) is 25.1. The Morgan fingerprint density at radius 2 is 1.64 bits per heavy atom. The van der Waals surface area contributed by atoms with Crippen LogP contribution in [-0.2, 0) is 12.0 Å². The monoisotopic (exact) mass is 443 g/mol. The number of carbonyl (C=O) groups excluding carboxylic acids is 1. The standard InChI is InChI=1S/C27H26FN3O2/c1-19(25-29-18-24(33-25)21-13-15-23(28)16-14-21)30-26(32)31-27(2,22-11-7-4-8-12-22)17-20-9-5-3-6-10-20/h3-16,18-19H,17H2,1-2H3,(H2,30,31,32). The lowest BCUT2D eigenvalue weighted by Crippen LogP contribution is -2.50. The molecule has 4 rings (SSSR count). The topological polar surface area (TPSA) is 67.2 Å². The molecule has 2 amide bonds. The smallest absolute Gasteiger partial charge is 0.316 e. The van der Waals surface area contributed by atoms with E-state index in [1.54, 1.807) is 25.3 Å². The van der Waals surface area contributed by atoms with E-state index in [4.69, 9.17) is 4.42 Å². The lowest BCUT2D eigenvalue weighted by molar-refractivity contribution is 0.222. The second-order valence-corrected chi connectivity index (χ2v) is 8.25. The first-order valence-electron chi connectivity index (χ1n) is 10.8. The summed E-state index contributed by atoms with van der Waals surface area (Å²) in [6.07, 6.45) is 2.20. The van der Waals surface area contributed by atoms with Crippen molar-refractivity contribution in [1.82, 2.24) is 15.6 Å². The number of hydrogen-bond donors (Lipinski definition) is 2. The minimum atomic E-state index is -0.623. The zero-order valence-corrected chi connectivity index (χ0v) is 18.6. The number of rotatable bonds is 7. The lowest BCUT2D eigenvalue weighted by Gasteiger charge is -2.32. The average molecular weight is 444 g/mol. The molecule has 0 fully saturated rings. The van der Waals surface area contributed by atoms with Gasteiger partial charge in [-0.1, -0.05) is 60.7 Å². The molecule has 5 nitrogen and oxygen atoms in total. The van der Waals surface area contributed by atoms with Gasteiger partial charge in [-0.25, -0.2) is 14.2 Å². The second kappa shape index (κ2) is 9.69. The summed E-state index contributed by atoms with van der Waals surface area (Å²) in [5, 5.41) is 6.06. The minimum absolute atomic E-state index is 0.317. The van der Waals surface area contributed by atoms with Crippen LogP contribution in [0.1, 0.15) is 36.9 Å². The first kappa shape index (κ1) is 22.3. The summed E-state index contributed by atoms with van der Waals surface area (Å²) in [7, 11) is 0. The highest BCUT2D eigenvalue weighted by Crippen LogP contribution is 2.26. The van der Waals surface area contributed by atoms with Crippen LogP contribution < -0.4 is 10.6 Å². The minimum Gasteiger partial charge on any atom is -0.438 e. The molecule has 0 spiro atoms. The van der Waals surface area contributed by atoms with Gasteiger partial charge >= 0.3 is 6.03 Å². The SMILES string of the molecule is CC(NC(=O)NC(C)(Cc1ccccc1)c1ccccc1)c1ncc(-c2ccc(F)cc2)o1. The summed E-state index contributed by atoms with van der Waals surface area (Å²) in [4.78, 5) is 17.3. The third-order valence-corrected chi connectivity index (χ3v) is 5.57. The van der Waals surface area contributed by atoms with Gasteiger partial charge in [0.2, 0.25) is 5.89 Å². The predicted molar refractivity (Wildman–Crippen MR) is 126 cm³/mol. The highest BCUT2D eigenvalue weighted by molar-refractivity contribution is 5.75. The van der Waals surface area contributed by atoms with Gasteiger partial charge in [0.1, 0.15) is 11.9 Å². The number of aromatic nitrogens is 1. The Morgan fingerprint density at radius 1 is 1.00 bits per heavy atom. The van der Waals surface area contributed by atoms with E-state index in [1.807, 2.05) is 67.6 Å². The Kier molecular flexibility index (Phi) is 6.54. The van der Waals surface area contributed by atoms with E-state index in [-0.39, 0.29) is 11.8 Å². The summed E-state index contributed by atoms with van der Waals surface area (Å²) in [5.74, 6) is 0.563. The average Bonchev–Trinajstić information content (AvgIpc) is 3.31. The van der Waals surface area contributed by atoms with E-state index in [0.717, 1.165) is 11.1 Å². The molecule has 0 saturated heterocycles. The van der Waals surface area contributed by atoms with Crippen LogP contribution in [0.15, 0.2) is 95.5 Å². The molecule has 168 valence electrons. The molecule has 2 unspecified atom stereocenters. The van der Waals surface area contributed by atoms with Crippen molar-refractivity contribution in [1.29, 1.82) is 0 Å². The Morgan fingerprint density at radius 3 is 2.30 bits per heavy atom. The number of nitrogens with zero attached hydrogens (tertiary/aromatic N) is 1. The van der Waals surface area contributed by atoms with E-state index in [1.165, 1.54) is 12.1 Å². The van der Waals surface area contributed by atoms with Gasteiger partial charge in [-0.2, -0.15) is 0 Å². The van der Waals surface area contributed by atoms with Crippen LogP contribution in [-0.4, -0.2) is 11.0 Å². The van der Waals surface area contributed by atoms with Crippen LogP contribution in [0.2, 0.25) is 0 Å². The van der Waals surface area contributed by atoms with Crippen LogP contribution in [0.25, 0.3) is 11.3 Å². The number of urea groups is 1. The van der Waals surface area contributed by atoms with E-state index in [9.17, 15) is 9.18 Å². The fraction of sp³-hybridized carbons (Fsp3) is 0.185. The maximum atomic E-state index is 13.2. The van der Waals surface area contributed by atoms with Crippen molar-refractivity contribution in [2.75, 3.05) is 0 Å². The third-order valence-electron chi connectivity index (χ3n) is 5.57. The number of carbonyl (C=O) groups is 1. The number of oxazole rings is 1. The highest BCUT2D eigenvalue weighted by Gasteiger charge is 2.30. The van der Waals surface area contributed by atoms with Gasteiger partial charge in [0.05, 0.1) is 11.7 Å². The normalized spacial score (nSPS) is 13.7. The Labute approximate surface area is 192 Å². The van der Waals surface area contributed by atoms with Crippen LogP contribution in [0.4, 0.5) is 9.18 Å². The molecule has 2 atom stereocenters. The molecule has 0 saturated carbocycles. The molecule has 3 aromatic carbocycles. The van der Waals surface area contributed by atoms with Gasteiger partial charge in [-0.3, -0.25) is 0 Å². The molecule has 1 heterocycles. The Balaban J connectivity index is 1.48. The number of amides is 2. The highest BCUT2D eigenvalue weighted by atomic mass is 19.1. The van der Waals surface area contributed by atoms with Crippen molar-refractivity contribution in [3.8, 4) is 11.3 Å². The molecule has 33 heavy (non-hydrogen) atoms. The van der Waals surface area contributed by atoms with Crippen LogP contribution in [0.5, 0.6) is 0 Å². The number of halogens is 1. The van der Waals surface area contributed by atoms with Crippen LogP contribution >= 0.6 is 0 Å². The summed E-state index contributed by atoms with van der Waals surface area (Å²) < 4.78 is 19.0. The van der Waals surface area contributed by atoms with Gasteiger partial charge in [0, 0.05) is 5.56 Å². The fourth-order valence-corrected chi connectivity index (χ4v) is 3.81. The van der Waals surface area contributed by atoms with E-state index < -0.39 is 11.6 Å². The first-order valence-corrected chi connectivity index (χ1v) is 10.8. The largest absolute Gasteiger partial charge is 0.438 e. The van der Waals surface area contributed by atoms with Crippen molar-refractivity contribution >= 4 is 6.03 Å². The molecule has 0 aliphatic heterocycles. The van der Waals surface area contributed by atoms with E-state index in [2.05, 4.69) is 15.6 Å². The van der Waals surface area contributed by atoms with Crippen molar-refractivity contribution in [3.63, 3.8) is 0 Å². The third kappa shape index (κ3) is 5.47. The molecule has 1 aromatic heterocycles. The van der Waals surface area contributed by atoms with Gasteiger partial charge in [0.25, 0.3) is 0 Å². The summed E-state index contributed by atoms with van der Waals surface area (Å²) in [5.41, 5.74) is 2.22. The quantitative estimate of drug-likeness (QED) is 0.368. The predicted octanol–water partition coefficient (Wildman–Crippen LogP) is 6.00. The molecule has 2 N–H and O–H groups in total. The Hall–Kier alpha value is -3.93. The van der Waals surface area contributed by atoms with Crippen molar-refractivity contribution in [2.24, 2.45) is 0 Å². The van der Waals surface area contributed by atoms with E-state index in [0.29, 0.717) is 23.6 Å². The van der Waals surface area contributed by atoms with Gasteiger partial charge < -0.3 is 15.1 Å². The molecular weight excluding hydrogens is 417 g/mol. The molecule has 0 bridgehead atoms. The maximum absolute atomic E-state index is 13.2. The lowest BCUT2D eigenvalue weighted by atomic mass is 9.85.